The van der Waals surface area contributed by atoms with Crippen LogP contribution in [0.15, 0.2) is 54.6 Å². The average molecular weight is 281 g/mol. The zero-order valence-corrected chi connectivity index (χ0v) is 12.8. The molecular formula is C19H23NO. The molecule has 0 radical (unpaired) electrons. The van der Waals surface area contributed by atoms with Gasteiger partial charge in [0, 0.05) is 17.3 Å². The Morgan fingerprint density at radius 2 is 1.48 bits per heavy atom. The lowest BCUT2D eigenvalue weighted by atomic mass is 9.98. The first-order valence-electron chi connectivity index (χ1n) is 7.79. The van der Waals surface area contributed by atoms with Crippen LogP contribution in [0.3, 0.4) is 0 Å². The molecule has 2 heteroatoms. The summed E-state index contributed by atoms with van der Waals surface area (Å²) in [6, 6.07) is 19.6. The minimum Gasteiger partial charge on any atom is -0.382 e. The van der Waals surface area contributed by atoms with Crippen molar-refractivity contribution in [2.45, 2.75) is 44.9 Å². The zero-order valence-electron chi connectivity index (χ0n) is 12.8. The van der Waals surface area contributed by atoms with Crippen LogP contribution in [0.1, 0.15) is 26.7 Å². The van der Waals surface area contributed by atoms with Gasteiger partial charge in [0.25, 0.3) is 0 Å². The second-order valence-electron chi connectivity index (χ2n) is 5.98. The Labute approximate surface area is 127 Å². The van der Waals surface area contributed by atoms with E-state index in [-0.39, 0.29) is 0 Å². The van der Waals surface area contributed by atoms with Crippen molar-refractivity contribution in [3.8, 4) is 11.1 Å². The van der Waals surface area contributed by atoms with E-state index in [4.69, 9.17) is 4.74 Å². The molecule has 0 bridgehead atoms. The monoisotopic (exact) mass is 281 g/mol. The minimum absolute atomic E-state index is 0.329. The standard InChI is InChI=1S/C19H23NO/c1-14-12-17(13-15(2)21-14)20-19-11-7-6-10-18(19)16-8-4-3-5-9-16/h3-11,14-15,17,20H,12-13H2,1-2H3. The summed E-state index contributed by atoms with van der Waals surface area (Å²) < 4.78 is 5.83. The van der Waals surface area contributed by atoms with E-state index in [9.17, 15) is 0 Å². The molecule has 2 aromatic carbocycles. The predicted octanol–water partition coefficient (Wildman–Crippen LogP) is 4.72. The van der Waals surface area contributed by atoms with Gasteiger partial charge in [0.1, 0.15) is 0 Å². The Morgan fingerprint density at radius 1 is 0.857 bits per heavy atom. The molecule has 21 heavy (non-hydrogen) atoms. The molecule has 0 spiro atoms. The van der Waals surface area contributed by atoms with Crippen molar-refractivity contribution in [1.82, 2.24) is 0 Å². The van der Waals surface area contributed by atoms with E-state index >= 15 is 0 Å². The van der Waals surface area contributed by atoms with Gasteiger partial charge in [0.05, 0.1) is 12.2 Å². The van der Waals surface area contributed by atoms with Crippen molar-refractivity contribution in [3.05, 3.63) is 54.6 Å². The van der Waals surface area contributed by atoms with Crippen molar-refractivity contribution < 1.29 is 4.74 Å². The molecule has 0 aliphatic carbocycles. The Morgan fingerprint density at radius 3 is 2.19 bits per heavy atom. The maximum Gasteiger partial charge on any atom is 0.0570 e. The number of benzene rings is 2. The second-order valence-corrected chi connectivity index (χ2v) is 5.98. The van der Waals surface area contributed by atoms with Crippen LogP contribution >= 0.6 is 0 Å². The van der Waals surface area contributed by atoms with Gasteiger partial charge in [-0.25, -0.2) is 0 Å². The molecule has 0 aromatic heterocycles. The molecule has 2 unspecified atom stereocenters. The molecule has 1 fully saturated rings. The van der Waals surface area contributed by atoms with Gasteiger partial charge in [0.15, 0.2) is 0 Å². The van der Waals surface area contributed by atoms with Gasteiger partial charge >= 0.3 is 0 Å². The van der Waals surface area contributed by atoms with Crippen LogP contribution in [0.2, 0.25) is 0 Å². The lowest BCUT2D eigenvalue weighted by Crippen LogP contribution is -2.37. The minimum atomic E-state index is 0.329. The van der Waals surface area contributed by atoms with E-state index in [0.717, 1.165) is 12.8 Å². The summed E-state index contributed by atoms with van der Waals surface area (Å²) in [5, 5.41) is 3.73. The smallest absolute Gasteiger partial charge is 0.0570 e. The van der Waals surface area contributed by atoms with Crippen molar-refractivity contribution in [2.75, 3.05) is 5.32 Å². The topological polar surface area (TPSA) is 21.3 Å². The molecule has 1 aliphatic rings. The van der Waals surface area contributed by atoms with E-state index in [2.05, 4.69) is 73.8 Å². The molecule has 2 nitrogen and oxygen atoms in total. The Kier molecular flexibility index (Phi) is 4.26. The molecule has 0 saturated carbocycles. The van der Waals surface area contributed by atoms with Crippen LogP contribution in [0.5, 0.6) is 0 Å². The molecule has 1 saturated heterocycles. The third-order valence-corrected chi connectivity index (χ3v) is 4.07. The Balaban J connectivity index is 1.83. The highest BCUT2D eigenvalue weighted by atomic mass is 16.5. The maximum absolute atomic E-state index is 5.83. The largest absolute Gasteiger partial charge is 0.382 e. The van der Waals surface area contributed by atoms with Gasteiger partial charge in [-0.1, -0.05) is 48.5 Å². The highest BCUT2D eigenvalue weighted by Crippen LogP contribution is 2.30. The lowest BCUT2D eigenvalue weighted by molar-refractivity contribution is -0.0337. The van der Waals surface area contributed by atoms with E-state index in [1.807, 2.05) is 0 Å². The molecule has 110 valence electrons. The van der Waals surface area contributed by atoms with Crippen LogP contribution in [0, 0.1) is 0 Å². The first-order chi connectivity index (χ1) is 10.2. The third-order valence-electron chi connectivity index (χ3n) is 4.07. The first-order valence-corrected chi connectivity index (χ1v) is 7.79. The Bertz CT molecular complexity index is 571. The fourth-order valence-electron chi connectivity index (χ4n) is 3.22. The fourth-order valence-corrected chi connectivity index (χ4v) is 3.22. The molecule has 0 amide bonds. The molecule has 2 atom stereocenters. The summed E-state index contributed by atoms with van der Waals surface area (Å²) in [6.07, 6.45) is 2.78. The summed E-state index contributed by atoms with van der Waals surface area (Å²) in [5.41, 5.74) is 3.74. The first kappa shape index (κ1) is 14.2. The highest BCUT2D eigenvalue weighted by Gasteiger charge is 2.24. The highest BCUT2D eigenvalue weighted by molar-refractivity contribution is 5.77. The predicted molar refractivity (Wildman–Crippen MR) is 88.5 cm³/mol. The van der Waals surface area contributed by atoms with Crippen LogP contribution in [0.4, 0.5) is 5.69 Å². The summed E-state index contributed by atoms with van der Waals surface area (Å²) in [4.78, 5) is 0. The van der Waals surface area contributed by atoms with Crippen LogP contribution in [0.25, 0.3) is 11.1 Å². The number of rotatable bonds is 3. The van der Waals surface area contributed by atoms with Crippen LogP contribution in [-0.2, 0) is 4.74 Å². The van der Waals surface area contributed by atoms with Gasteiger partial charge in [0.2, 0.25) is 0 Å². The SMILES string of the molecule is CC1CC(Nc2ccccc2-c2ccccc2)CC(C)O1. The summed E-state index contributed by atoms with van der Waals surface area (Å²) in [7, 11) is 0. The molecule has 3 rings (SSSR count). The van der Waals surface area contributed by atoms with Crippen LogP contribution < -0.4 is 5.32 Å². The van der Waals surface area contributed by atoms with E-state index in [1.165, 1.54) is 16.8 Å². The van der Waals surface area contributed by atoms with Crippen molar-refractivity contribution in [3.63, 3.8) is 0 Å². The maximum atomic E-state index is 5.83. The molecule has 2 aromatic rings. The van der Waals surface area contributed by atoms with Gasteiger partial charge in [-0.3, -0.25) is 0 Å². The quantitative estimate of drug-likeness (QED) is 0.878. The van der Waals surface area contributed by atoms with Gasteiger partial charge < -0.3 is 10.1 Å². The fraction of sp³-hybridized carbons (Fsp3) is 0.368. The van der Waals surface area contributed by atoms with Gasteiger partial charge in [-0.2, -0.15) is 0 Å². The van der Waals surface area contributed by atoms with Gasteiger partial charge in [-0.05, 0) is 38.3 Å². The van der Waals surface area contributed by atoms with E-state index < -0.39 is 0 Å². The summed E-state index contributed by atoms with van der Waals surface area (Å²) in [6.45, 7) is 4.32. The number of nitrogens with one attached hydrogen (secondary N) is 1. The van der Waals surface area contributed by atoms with Crippen molar-refractivity contribution in [2.24, 2.45) is 0 Å². The number of ether oxygens (including phenoxy) is 1. The number of hydrogen-bond acceptors (Lipinski definition) is 2. The molecular weight excluding hydrogens is 258 g/mol. The average Bonchev–Trinajstić information content (AvgIpc) is 2.48. The third kappa shape index (κ3) is 3.45. The number of hydrogen-bond donors (Lipinski definition) is 1. The van der Waals surface area contributed by atoms with Crippen molar-refractivity contribution in [1.29, 1.82) is 0 Å². The zero-order chi connectivity index (χ0) is 14.7. The molecule has 1 heterocycles. The summed E-state index contributed by atoms with van der Waals surface area (Å²) in [5.74, 6) is 0. The summed E-state index contributed by atoms with van der Waals surface area (Å²) >= 11 is 0. The molecule has 1 aliphatic heterocycles. The normalized spacial score (nSPS) is 25.5. The Hall–Kier alpha value is -1.80. The van der Waals surface area contributed by atoms with Crippen LogP contribution in [-0.4, -0.2) is 18.2 Å². The second kappa shape index (κ2) is 6.31. The van der Waals surface area contributed by atoms with Gasteiger partial charge in [-0.15, -0.1) is 0 Å². The van der Waals surface area contributed by atoms with E-state index in [0.29, 0.717) is 18.2 Å². The van der Waals surface area contributed by atoms with E-state index in [1.54, 1.807) is 0 Å². The number of para-hydroxylation sites is 1. The molecule has 1 N–H and O–H groups in total. The lowest BCUT2D eigenvalue weighted by Gasteiger charge is -2.33. The number of anilines is 1. The van der Waals surface area contributed by atoms with Crippen molar-refractivity contribution >= 4 is 5.69 Å².